The van der Waals surface area contributed by atoms with E-state index in [2.05, 4.69) is 4.98 Å². The summed E-state index contributed by atoms with van der Waals surface area (Å²) >= 11 is 1.15. The normalized spacial score (nSPS) is 10.7. The molecule has 0 amide bonds. The van der Waals surface area contributed by atoms with Gasteiger partial charge in [0, 0.05) is 0 Å². The number of methoxy groups -OCH3 is 2. The second kappa shape index (κ2) is 6.13. The van der Waals surface area contributed by atoms with E-state index in [1.54, 1.807) is 20.3 Å². The maximum absolute atomic E-state index is 11.4. The lowest BCUT2D eigenvalue weighted by molar-refractivity contribution is 0.0700. The highest BCUT2D eigenvalue weighted by atomic mass is 32.1. The summed E-state index contributed by atoms with van der Waals surface area (Å²) in [5, 5.41) is 9.93. The van der Waals surface area contributed by atoms with Gasteiger partial charge in [-0.05, 0) is 18.1 Å². The predicted octanol–water partition coefficient (Wildman–Crippen LogP) is 3.65. The molecule has 1 aromatic carbocycles. The first kappa shape index (κ1) is 15.3. The van der Waals surface area contributed by atoms with Gasteiger partial charge in [-0.25, -0.2) is 9.78 Å². The molecule has 0 saturated carbocycles. The fourth-order valence-corrected chi connectivity index (χ4v) is 3.13. The molecule has 0 radical (unpaired) electrons. The van der Waals surface area contributed by atoms with Gasteiger partial charge in [-0.2, -0.15) is 0 Å². The van der Waals surface area contributed by atoms with Crippen molar-refractivity contribution in [3.63, 3.8) is 0 Å². The Hall–Kier alpha value is -2.08. The van der Waals surface area contributed by atoms with Gasteiger partial charge in [-0.15, -0.1) is 11.3 Å². The monoisotopic (exact) mass is 307 g/mol. The quantitative estimate of drug-likeness (QED) is 0.913. The Kier molecular flexibility index (Phi) is 4.47. The number of carboxylic acid groups (broad SMARTS) is 1. The largest absolute Gasteiger partial charge is 0.493 e. The highest BCUT2D eigenvalue weighted by molar-refractivity contribution is 7.17. The SMILES string of the molecule is COc1cccc(-c2nc(C(C)C)c(C(=O)O)s2)c1OC. The van der Waals surface area contributed by atoms with Gasteiger partial charge in [0.1, 0.15) is 9.88 Å². The highest BCUT2D eigenvalue weighted by Gasteiger charge is 2.22. The standard InChI is InChI=1S/C15H17NO4S/c1-8(2)11-13(15(17)18)21-14(16-11)9-6-5-7-10(19-3)12(9)20-4/h5-8H,1-4H3,(H,17,18). The van der Waals surface area contributed by atoms with Crippen LogP contribution >= 0.6 is 11.3 Å². The van der Waals surface area contributed by atoms with E-state index < -0.39 is 5.97 Å². The highest BCUT2D eigenvalue weighted by Crippen LogP contribution is 2.41. The number of hydrogen-bond donors (Lipinski definition) is 1. The van der Waals surface area contributed by atoms with E-state index in [-0.39, 0.29) is 10.8 Å². The van der Waals surface area contributed by atoms with E-state index in [4.69, 9.17) is 9.47 Å². The Morgan fingerprint density at radius 2 is 2.00 bits per heavy atom. The van der Waals surface area contributed by atoms with Crippen LogP contribution in [0.5, 0.6) is 11.5 Å². The lowest BCUT2D eigenvalue weighted by Crippen LogP contribution is -2.00. The minimum atomic E-state index is -0.954. The fraction of sp³-hybridized carbons (Fsp3) is 0.333. The average Bonchev–Trinajstić information content (AvgIpc) is 2.91. The van der Waals surface area contributed by atoms with Gasteiger partial charge in [0.05, 0.1) is 25.5 Å². The molecule has 0 atom stereocenters. The molecule has 0 spiro atoms. The van der Waals surface area contributed by atoms with Crippen molar-refractivity contribution in [3.05, 3.63) is 28.8 Å². The topological polar surface area (TPSA) is 68.7 Å². The zero-order valence-corrected chi connectivity index (χ0v) is 13.2. The van der Waals surface area contributed by atoms with Gasteiger partial charge in [0.25, 0.3) is 0 Å². The number of rotatable bonds is 5. The molecule has 1 N–H and O–H groups in total. The van der Waals surface area contributed by atoms with Crippen LogP contribution in [0.1, 0.15) is 35.1 Å². The zero-order chi connectivity index (χ0) is 15.6. The molecular formula is C15H17NO4S. The van der Waals surface area contributed by atoms with Crippen LogP contribution in [0.3, 0.4) is 0 Å². The molecule has 21 heavy (non-hydrogen) atoms. The summed E-state index contributed by atoms with van der Waals surface area (Å²) in [7, 11) is 3.11. The molecule has 0 saturated heterocycles. The van der Waals surface area contributed by atoms with Crippen molar-refractivity contribution in [2.75, 3.05) is 14.2 Å². The first-order chi connectivity index (χ1) is 9.99. The molecule has 6 heteroatoms. The van der Waals surface area contributed by atoms with Gasteiger partial charge in [0.2, 0.25) is 0 Å². The lowest BCUT2D eigenvalue weighted by atomic mass is 10.1. The van der Waals surface area contributed by atoms with Crippen LogP contribution < -0.4 is 9.47 Å². The van der Waals surface area contributed by atoms with E-state index in [0.717, 1.165) is 16.9 Å². The summed E-state index contributed by atoms with van der Waals surface area (Å²) in [6, 6.07) is 5.46. The molecule has 5 nitrogen and oxygen atoms in total. The summed E-state index contributed by atoms with van der Waals surface area (Å²) in [5.74, 6) is 0.233. The van der Waals surface area contributed by atoms with Crippen LogP contribution in [0.2, 0.25) is 0 Å². The molecule has 0 unspecified atom stereocenters. The third-order valence-corrected chi connectivity index (χ3v) is 4.12. The predicted molar refractivity (Wildman–Crippen MR) is 81.7 cm³/mol. The third kappa shape index (κ3) is 2.85. The number of para-hydroxylation sites is 1. The van der Waals surface area contributed by atoms with Gasteiger partial charge < -0.3 is 14.6 Å². The Labute approximate surface area is 127 Å². The number of benzene rings is 1. The van der Waals surface area contributed by atoms with Crippen LogP contribution in [0.15, 0.2) is 18.2 Å². The van der Waals surface area contributed by atoms with Gasteiger partial charge in [-0.1, -0.05) is 19.9 Å². The Morgan fingerprint density at radius 3 is 2.48 bits per heavy atom. The van der Waals surface area contributed by atoms with Gasteiger partial charge in [0.15, 0.2) is 11.5 Å². The van der Waals surface area contributed by atoms with Gasteiger partial charge >= 0.3 is 5.97 Å². The number of thiazole rings is 1. The lowest BCUT2D eigenvalue weighted by Gasteiger charge is -2.10. The fourth-order valence-electron chi connectivity index (χ4n) is 2.05. The minimum absolute atomic E-state index is 0.0395. The molecule has 2 aromatic rings. The number of ether oxygens (including phenoxy) is 2. The Balaban J connectivity index is 2.62. The first-order valence-corrected chi connectivity index (χ1v) is 7.26. The summed E-state index contributed by atoms with van der Waals surface area (Å²) in [6.45, 7) is 3.85. The van der Waals surface area contributed by atoms with Crippen molar-refractivity contribution < 1.29 is 19.4 Å². The van der Waals surface area contributed by atoms with Crippen molar-refractivity contribution in [1.29, 1.82) is 0 Å². The number of aromatic nitrogens is 1. The Bertz CT molecular complexity index is 664. The second-order valence-electron chi connectivity index (χ2n) is 4.73. The number of aromatic carboxylic acids is 1. The first-order valence-electron chi connectivity index (χ1n) is 6.45. The van der Waals surface area contributed by atoms with Crippen molar-refractivity contribution in [3.8, 4) is 22.1 Å². The average molecular weight is 307 g/mol. The smallest absolute Gasteiger partial charge is 0.347 e. The molecule has 0 aliphatic heterocycles. The van der Waals surface area contributed by atoms with Crippen molar-refractivity contribution >= 4 is 17.3 Å². The molecule has 1 heterocycles. The second-order valence-corrected chi connectivity index (χ2v) is 5.73. The number of carboxylic acids is 1. The maximum atomic E-state index is 11.4. The molecule has 0 aliphatic carbocycles. The van der Waals surface area contributed by atoms with E-state index in [0.29, 0.717) is 22.2 Å². The van der Waals surface area contributed by atoms with Gasteiger partial charge in [-0.3, -0.25) is 0 Å². The number of nitrogens with zero attached hydrogens (tertiary/aromatic N) is 1. The van der Waals surface area contributed by atoms with E-state index in [1.165, 1.54) is 0 Å². The van der Waals surface area contributed by atoms with E-state index >= 15 is 0 Å². The molecule has 112 valence electrons. The van der Waals surface area contributed by atoms with E-state index in [1.807, 2.05) is 26.0 Å². The van der Waals surface area contributed by atoms with Crippen molar-refractivity contribution in [2.24, 2.45) is 0 Å². The zero-order valence-electron chi connectivity index (χ0n) is 12.3. The summed E-state index contributed by atoms with van der Waals surface area (Å²) in [5.41, 5.74) is 1.32. The third-order valence-electron chi connectivity index (χ3n) is 3.03. The van der Waals surface area contributed by atoms with Crippen LogP contribution in [0.4, 0.5) is 0 Å². The van der Waals surface area contributed by atoms with Crippen LogP contribution in [0, 0.1) is 0 Å². The van der Waals surface area contributed by atoms with Crippen molar-refractivity contribution in [1.82, 2.24) is 4.98 Å². The van der Waals surface area contributed by atoms with Crippen LogP contribution in [-0.2, 0) is 0 Å². The molecule has 0 bridgehead atoms. The van der Waals surface area contributed by atoms with Crippen molar-refractivity contribution in [2.45, 2.75) is 19.8 Å². The maximum Gasteiger partial charge on any atom is 0.347 e. The summed E-state index contributed by atoms with van der Waals surface area (Å²) < 4.78 is 10.7. The van der Waals surface area contributed by atoms with Crippen LogP contribution in [-0.4, -0.2) is 30.3 Å². The molecular weight excluding hydrogens is 290 g/mol. The van der Waals surface area contributed by atoms with Crippen LogP contribution in [0.25, 0.3) is 10.6 Å². The molecule has 0 fully saturated rings. The summed E-state index contributed by atoms with van der Waals surface area (Å²) in [4.78, 5) is 16.1. The molecule has 2 rings (SSSR count). The summed E-state index contributed by atoms with van der Waals surface area (Å²) in [6.07, 6.45) is 0. The molecule has 0 aliphatic rings. The molecule has 1 aromatic heterocycles. The number of hydrogen-bond acceptors (Lipinski definition) is 5. The Morgan fingerprint density at radius 1 is 1.29 bits per heavy atom. The number of carbonyl (C=O) groups is 1. The minimum Gasteiger partial charge on any atom is -0.493 e. The van der Waals surface area contributed by atoms with E-state index in [9.17, 15) is 9.90 Å².